The first kappa shape index (κ1) is 12.1. The lowest BCUT2D eigenvalue weighted by Crippen LogP contribution is -1.94. The molecule has 0 radical (unpaired) electrons. The number of rotatable bonds is 0. The van der Waals surface area contributed by atoms with Gasteiger partial charge in [-0.15, -0.1) is 0 Å². The van der Waals surface area contributed by atoms with Crippen LogP contribution in [0.25, 0.3) is 0 Å². The van der Waals surface area contributed by atoms with Crippen LogP contribution in [0.4, 0.5) is 8.78 Å². The molecule has 1 aromatic carbocycles. The molecule has 0 spiro atoms. The summed E-state index contributed by atoms with van der Waals surface area (Å²) in [5, 5.41) is 1.77. The number of hydrogen-bond acceptors (Lipinski definition) is 2. The highest BCUT2D eigenvalue weighted by Gasteiger charge is 2.10. The third-order valence-electron chi connectivity index (χ3n) is 1.41. The van der Waals surface area contributed by atoms with Gasteiger partial charge in [0.1, 0.15) is 5.82 Å². The van der Waals surface area contributed by atoms with Gasteiger partial charge >= 0.3 is 0 Å². The van der Waals surface area contributed by atoms with E-state index in [9.17, 15) is 17.2 Å². The fourth-order valence-electron chi connectivity index (χ4n) is 0.785. The maximum absolute atomic E-state index is 13.3. The fourth-order valence-corrected chi connectivity index (χ4v) is 1.40. The Balaban J connectivity index is 3.37. The monoisotopic (exact) mass is 294 g/mol. The normalized spacial score (nSPS) is 10.7. The lowest BCUT2D eigenvalue weighted by molar-refractivity contribution is 0.573. The van der Waals surface area contributed by atoms with E-state index >= 15 is 0 Å². The van der Waals surface area contributed by atoms with Crippen LogP contribution in [0.1, 0.15) is 5.56 Å². The molecule has 0 aliphatic heterocycles. The second kappa shape index (κ2) is 4.29. The molecule has 0 unspecified atom stereocenters. The number of hydrogen-bond donors (Lipinski definition) is 0. The number of benzene rings is 1. The second-order valence-electron chi connectivity index (χ2n) is 2.72. The summed E-state index contributed by atoms with van der Waals surface area (Å²) in [4.78, 5) is 0. The van der Waals surface area contributed by atoms with E-state index in [1.54, 1.807) is 5.25 Å². The average Bonchev–Trinajstić information content (AvgIpc) is 2.10. The molecule has 0 aliphatic carbocycles. The van der Waals surface area contributed by atoms with Crippen LogP contribution in [-0.2, 0) is 9.84 Å². The Labute approximate surface area is 94.3 Å². The first-order valence-corrected chi connectivity index (χ1v) is 6.36. The molecule has 0 N–H and O–H groups in total. The van der Waals surface area contributed by atoms with Gasteiger partial charge in [-0.1, -0.05) is 0 Å². The molecule has 6 heteroatoms. The Kier molecular flexibility index (Phi) is 3.47. The van der Waals surface area contributed by atoms with E-state index < -0.39 is 27.0 Å². The second-order valence-corrected chi connectivity index (χ2v) is 5.32. The third kappa shape index (κ3) is 3.29. The van der Waals surface area contributed by atoms with Gasteiger partial charge in [-0.25, -0.2) is 17.2 Å². The van der Waals surface area contributed by atoms with Gasteiger partial charge in [-0.3, -0.25) is 0 Å². The molecular weight excluding hydrogens is 290 g/mol. The molecule has 0 bridgehead atoms. The van der Waals surface area contributed by atoms with E-state index in [0.717, 1.165) is 12.3 Å². The van der Waals surface area contributed by atoms with Crippen molar-refractivity contribution in [1.29, 1.82) is 0 Å². The zero-order chi connectivity index (χ0) is 11.6. The largest absolute Gasteiger partial charge is 0.216 e. The topological polar surface area (TPSA) is 34.1 Å². The van der Waals surface area contributed by atoms with Gasteiger partial charge in [0.2, 0.25) is 9.84 Å². The molecule has 2 nitrogen and oxygen atoms in total. The molecule has 0 amide bonds. The van der Waals surface area contributed by atoms with Gasteiger partial charge in [0, 0.05) is 5.25 Å². The first-order chi connectivity index (χ1) is 6.81. The van der Waals surface area contributed by atoms with E-state index in [4.69, 9.17) is 0 Å². The summed E-state index contributed by atoms with van der Waals surface area (Å²) in [6.45, 7) is 0. The van der Waals surface area contributed by atoms with E-state index in [2.05, 4.69) is 15.9 Å². The van der Waals surface area contributed by atoms with Crippen molar-refractivity contribution in [1.82, 2.24) is 0 Å². The van der Waals surface area contributed by atoms with Gasteiger partial charge in [-0.05, 0) is 34.0 Å². The summed E-state index contributed by atoms with van der Waals surface area (Å²) in [6.07, 6.45) is 0.855. The summed E-state index contributed by atoms with van der Waals surface area (Å²) in [7, 11) is -3.58. The summed E-state index contributed by atoms with van der Waals surface area (Å²) < 4.78 is 47.7. The molecule has 80 valence electrons. The Morgan fingerprint density at radius 2 is 1.93 bits per heavy atom. The van der Waals surface area contributed by atoms with Crippen molar-refractivity contribution in [2.45, 2.75) is 0 Å². The molecule has 0 aromatic heterocycles. The molecule has 0 saturated heterocycles. The van der Waals surface area contributed by atoms with Crippen LogP contribution >= 0.6 is 15.9 Å². The molecular formula is C9H5BrF2O2S. The van der Waals surface area contributed by atoms with Crippen molar-refractivity contribution < 1.29 is 17.2 Å². The van der Waals surface area contributed by atoms with Gasteiger partial charge in [-0.2, -0.15) is 0 Å². The minimum Gasteiger partial charge on any atom is -0.216 e. The summed E-state index contributed by atoms with van der Waals surface area (Å²) in [5.41, 5.74) is -0.560. The molecule has 0 fully saturated rings. The predicted molar refractivity (Wildman–Crippen MR) is 55.8 cm³/mol. The zero-order valence-electron chi connectivity index (χ0n) is 7.51. The highest BCUT2D eigenvalue weighted by molar-refractivity contribution is 9.10. The molecule has 0 saturated carbocycles. The lowest BCUT2D eigenvalue weighted by Gasteiger charge is -1.98. The maximum Gasteiger partial charge on any atom is 0.214 e. The maximum atomic E-state index is 13.3. The Hall–Kier alpha value is -0.930. The summed E-state index contributed by atoms with van der Waals surface area (Å²) >= 11 is 2.84. The highest BCUT2D eigenvalue weighted by atomic mass is 79.9. The van der Waals surface area contributed by atoms with E-state index in [1.807, 2.05) is 5.92 Å². The van der Waals surface area contributed by atoms with Crippen molar-refractivity contribution in [2.75, 3.05) is 6.26 Å². The highest BCUT2D eigenvalue weighted by Crippen LogP contribution is 2.20. The van der Waals surface area contributed by atoms with Gasteiger partial charge < -0.3 is 0 Å². The SMILES string of the molecule is CS(=O)(=O)C#Cc1c(F)ccc(Br)c1F. The van der Waals surface area contributed by atoms with E-state index in [1.165, 1.54) is 6.07 Å². The van der Waals surface area contributed by atoms with E-state index in [0.29, 0.717) is 0 Å². The van der Waals surface area contributed by atoms with Crippen molar-refractivity contribution in [2.24, 2.45) is 0 Å². The van der Waals surface area contributed by atoms with Gasteiger partial charge in [0.05, 0.1) is 16.3 Å². The summed E-state index contributed by atoms with van der Waals surface area (Å²) in [5.74, 6) is 0.137. The Morgan fingerprint density at radius 3 is 2.47 bits per heavy atom. The van der Waals surface area contributed by atoms with Crippen LogP contribution in [0.5, 0.6) is 0 Å². The van der Waals surface area contributed by atoms with Crippen molar-refractivity contribution >= 4 is 25.8 Å². The van der Waals surface area contributed by atoms with Crippen molar-refractivity contribution in [3.8, 4) is 11.2 Å². The molecule has 0 atom stereocenters. The zero-order valence-corrected chi connectivity index (χ0v) is 9.92. The first-order valence-electron chi connectivity index (χ1n) is 3.67. The quantitative estimate of drug-likeness (QED) is 0.542. The van der Waals surface area contributed by atoms with E-state index in [-0.39, 0.29) is 4.47 Å². The Morgan fingerprint density at radius 1 is 1.33 bits per heavy atom. The smallest absolute Gasteiger partial charge is 0.214 e. The molecule has 15 heavy (non-hydrogen) atoms. The minimum absolute atomic E-state index is 0.0294. The van der Waals surface area contributed by atoms with Crippen LogP contribution in [0.3, 0.4) is 0 Å². The van der Waals surface area contributed by atoms with Crippen molar-refractivity contribution in [3.05, 3.63) is 33.8 Å². The lowest BCUT2D eigenvalue weighted by atomic mass is 10.2. The standard InChI is InChI=1S/C9H5BrF2O2S/c1-15(13,14)5-4-6-8(11)3-2-7(10)9(6)12/h2-3H,1H3. The molecule has 0 aliphatic rings. The van der Waals surface area contributed by atoms with Crippen LogP contribution in [0.2, 0.25) is 0 Å². The van der Waals surface area contributed by atoms with Crippen molar-refractivity contribution in [3.63, 3.8) is 0 Å². The third-order valence-corrected chi connectivity index (χ3v) is 2.49. The summed E-state index contributed by atoms with van der Waals surface area (Å²) in [6, 6.07) is 2.18. The molecule has 1 aromatic rings. The fraction of sp³-hybridized carbons (Fsp3) is 0.111. The minimum atomic E-state index is -3.58. The average molecular weight is 295 g/mol. The predicted octanol–water partition coefficient (Wildman–Crippen LogP) is 2.08. The Bertz CT molecular complexity index is 555. The molecule has 1 rings (SSSR count). The number of halogens is 3. The molecule has 0 heterocycles. The van der Waals surface area contributed by atoms with Gasteiger partial charge in [0.15, 0.2) is 5.82 Å². The van der Waals surface area contributed by atoms with Crippen LogP contribution in [-0.4, -0.2) is 14.7 Å². The van der Waals surface area contributed by atoms with Crippen LogP contribution in [0, 0.1) is 22.8 Å². The van der Waals surface area contributed by atoms with Gasteiger partial charge in [0.25, 0.3) is 0 Å². The van der Waals surface area contributed by atoms with Crippen LogP contribution in [0.15, 0.2) is 16.6 Å². The van der Waals surface area contributed by atoms with Crippen LogP contribution < -0.4 is 0 Å². The number of sulfone groups is 1.